The van der Waals surface area contributed by atoms with Gasteiger partial charge in [-0.2, -0.15) is 0 Å². The standard InChI is InChI=1S/C22H19ClN6O5/c1-9-8-29-15-11(6-12-14(18-24-4-3-5-25-18)28-34-16(12)13(15)23)7-22(17(29)10(2)33-9)19(30)26-21(32)27-20(22)31/h3-6,9-10,17H,7-8H2,1-2H3,(H2,26,27,30,31,32)/t9-,10+,17-/m0/s1. The zero-order chi connectivity index (χ0) is 23.8. The number of hydrogen-bond donors (Lipinski definition) is 2. The molecule has 3 aromatic rings. The Morgan fingerprint density at radius 3 is 2.56 bits per heavy atom. The summed E-state index contributed by atoms with van der Waals surface area (Å²) in [4.78, 5) is 48.9. The summed E-state index contributed by atoms with van der Waals surface area (Å²) >= 11 is 6.89. The van der Waals surface area contributed by atoms with Crippen LogP contribution in [0.3, 0.4) is 0 Å². The summed E-state index contributed by atoms with van der Waals surface area (Å²) in [6.07, 6.45) is 2.49. The molecule has 5 heterocycles. The van der Waals surface area contributed by atoms with Gasteiger partial charge in [0.1, 0.15) is 5.02 Å². The average Bonchev–Trinajstić information content (AvgIpc) is 3.21. The van der Waals surface area contributed by atoms with E-state index in [2.05, 4.69) is 25.8 Å². The predicted octanol–water partition coefficient (Wildman–Crippen LogP) is 1.83. The molecule has 3 aliphatic heterocycles. The molecule has 3 atom stereocenters. The first kappa shape index (κ1) is 21.0. The number of barbiturate groups is 1. The molecule has 2 aromatic heterocycles. The van der Waals surface area contributed by atoms with Crippen molar-refractivity contribution >= 4 is 46.1 Å². The third kappa shape index (κ3) is 2.74. The van der Waals surface area contributed by atoms with Crippen molar-refractivity contribution in [3.05, 3.63) is 35.1 Å². The molecule has 0 saturated carbocycles. The van der Waals surface area contributed by atoms with Crippen LogP contribution in [0, 0.1) is 5.41 Å². The van der Waals surface area contributed by atoms with E-state index in [9.17, 15) is 14.4 Å². The lowest BCUT2D eigenvalue weighted by Crippen LogP contribution is -2.75. The number of fused-ring (bicyclic) bond motifs is 5. The van der Waals surface area contributed by atoms with Gasteiger partial charge in [-0.1, -0.05) is 16.8 Å². The highest BCUT2D eigenvalue weighted by molar-refractivity contribution is 6.38. The van der Waals surface area contributed by atoms with Gasteiger partial charge in [0.15, 0.2) is 22.5 Å². The molecule has 3 aliphatic rings. The number of carbonyl (C=O) groups excluding carboxylic acids is 3. The lowest BCUT2D eigenvalue weighted by molar-refractivity contribution is -0.153. The Labute approximate surface area is 197 Å². The van der Waals surface area contributed by atoms with Gasteiger partial charge in [0, 0.05) is 18.9 Å². The van der Waals surface area contributed by atoms with Gasteiger partial charge in [0.2, 0.25) is 11.8 Å². The van der Waals surface area contributed by atoms with E-state index >= 15 is 0 Å². The number of rotatable bonds is 1. The second-order valence-electron chi connectivity index (χ2n) is 8.81. The average molecular weight is 483 g/mol. The highest BCUT2D eigenvalue weighted by atomic mass is 35.5. The van der Waals surface area contributed by atoms with Gasteiger partial charge >= 0.3 is 6.03 Å². The van der Waals surface area contributed by atoms with Crippen LogP contribution in [0.4, 0.5) is 10.5 Å². The van der Waals surface area contributed by atoms with Gasteiger partial charge in [-0.25, -0.2) is 14.8 Å². The first-order valence-corrected chi connectivity index (χ1v) is 11.2. The molecular weight excluding hydrogens is 464 g/mol. The number of halogens is 1. The number of aromatic nitrogens is 3. The van der Waals surface area contributed by atoms with Crippen LogP contribution in [-0.4, -0.2) is 57.8 Å². The lowest BCUT2D eigenvalue weighted by atomic mass is 9.66. The number of nitrogens with zero attached hydrogens (tertiary/aromatic N) is 4. The quantitative estimate of drug-likeness (QED) is 0.497. The highest BCUT2D eigenvalue weighted by Gasteiger charge is 2.63. The molecule has 4 amide bonds. The first-order chi connectivity index (χ1) is 16.3. The summed E-state index contributed by atoms with van der Waals surface area (Å²) in [7, 11) is 0. The van der Waals surface area contributed by atoms with Crippen molar-refractivity contribution in [2.75, 3.05) is 11.4 Å². The fourth-order valence-electron chi connectivity index (χ4n) is 5.53. The summed E-state index contributed by atoms with van der Waals surface area (Å²) in [6, 6.07) is 1.96. The minimum Gasteiger partial charge on any atom is -0.372 e. The number of imide groups is 2. The second kappa shape index (κ2) is 7.21. The maximum absolute atomic E-state index is 13.3. The third-order valence-corrected chi connectivity index (χ3v) is 7.09. The van der Waals surface area contributed by atoms with Gasteiger partial charge in [-0.05, 0) is 38.0 Å². The number of carbonyl (C=O) groups is 3. The summed E-state index contributed by atoms with van der Waals surface area (Å²) in [5.74, 6) is -0.979. The number of morpholine rings is 1. The zero-order valence-electron chi connectivity index (χ0n) is 18.2. The van der Waals surface area contributed by atoms with Crippen molar-refractivity contribution in [1.29, 1.82) is 0 Å². The molecule has 2 saturated heterocycles. The number of nitrogens with one attached hydrogen (secondary N) is 2. The minimum atomic E-state index is -1.60. The fraction of sp³-hybridized carbons (Fsp3) is 0.364. The summed E-state index contributed by atoms with van der Waals surface area (Å²) in [5.41, 5.74) is 0.457. The Bertz CT molecular complexity index is 1360. The van der Waals surface area contributed by atoms with Crippen LogP contribution in [0.25, 0.3) is 22.5 Å². The number of urea groups is 1. The molecule has 12 heteroatoms. The number of hydrogen-bond acceptors (Lipinski definition) is 9. The molecule has 0 radical (unpaired) electrons. The SMILES string of the molecule is C[C@H]1CN2c3c(cc4c(-c5ncccn5)noc4c3Cl)CC3(C(=O)NC(=O)NC3=O)[C@@H]2[C@@H](C)O1. The normalized spacial score (nSPS) is 25.7. The highest BCUT2D eigenvalue weighted by Crippen LogP contribution is 2.51. The predicted molar refractivity (Wildman–Crippen MR) is 119 cm³/mol. The molecule has 2 N–H and O–H groups in total. The Hall–Kier alpha value is -3.57. The monoisotopic (exact) mass is 482 g/mol. The molecule has 11 nitrogen and oxygen atoms in total. The summed E-state index contributed by atoms with van der Waals surface area (Å²) in [5, 5.41) is 9.57. The van der Waals surface area contributed by atoms with E-state index < -0.39 is 35.4 Å². The lowest BCUT2D eigenvalue weighted by Gasteiger charge is -2.55. The molecule has 6 rings (SSSR count). The van der Waals surface area contributed by atoms with Crippen LogP contribution in [0.2, 0.25) is 5.02 Å². The van der Waals surface area contributed by atoms with Gasteiger partial charge < -0.3 is 14.2 Å². The van der Waals surface area contributed by atoms with E-state index in [4.69, 9.17) is 20.9 Å². The van der Waals surface area contributed by atoms with Gasteiger partial charge in [-0.3, -0.25) is 20.2 Å². The summed E-state index contributed by atoms with van der Waals surface area (Å²) < 4.78 is 11.6. The van der Waals surface area contributed by atoms with Crippen LogP contribution in [0.15, 0.2) is 29.0 Å². The van der Waals surface area contributed by atoms with E-state index in [0.717, 1.165) is 0 Å². The smallest absolute Gasteiger partial charge is 0.328 e. The number of anilines is 1. The molecule has 2 fully saturated rings. The Kier molecular flexibility index (Phi) is 4.45. The fourth-order valence-corrected chi connectivity index (χ4v) is 5.90. The van der Waals surface area contributed by atoms with Crippen LogP contribution in [0.1, 0.15) is 19.4 Å². The third-order valence-electron chi connectivity index (χ3n) is 6.74. The topological polar surface area (TPSA) is 140 Å². The van der Waals surface area contributed by atoms with E-state index in [0.29, 0.717) is 45.3 Å². The Morgan fingerprint density at radius 1 is 1.15 bits per heavy atom. The Balaban J connectivity index is 1.61. The number of amides is 4. The summed E-state index contributed by atoms with van der Waals surface area (Å²) in [6.45, 7) is 4.10. The van der Waals surface area contributed by atoms with E-state index in [1.54, 1.807) is 24.5 Å². The van der Waals surface area contributed by atoms with Crippen molar-refractivity contribution < 1.29 is 23.6 Å². The molecule has 0 unspecified atom stereocenters. The van der Waals surface area contributed by atoms with Crippen LogP contribution < -0.4 is 15.5 Å². The van der Waals surface area contributed by atoms with E-state index in [1.807, 2.05) is 18.7 Å². The molecule has 0 aliphatic carbocycles. The van der Waals surface area contributed by atoms with Crippen molar-refractivity contribution in [3.8, 4) is 11.5 Å². The Morgan fingerprint density at radius 2 is 1.85 bits per heavy atom. The van der Waals surface area contributed by atoms with Gasteiger partial charge in [0.25, 0.3) is 0 Å². The number of benzene rings is 1. The van der Waals surface area contributed by atoms with E-state index in [-0.39, 0.29) is 12.5 Å². The first-order valence-electron chi connectivity index (χ1n) is 10.8. The van der Waals surface area contributed by atoms with Crippen molar-refractivity contribution in [1.82, 2.24) is 25.8 Å². The molecule has 1 spiro atoms. The van der Waals surface area contributed by atoms with Crippen molar-refractivity contribution in [3.63, 3.8) is 0 Å². The minimum absolute atomic E-state index is 0.00640. The maximum Gasteiger partial charge on any atom is 0.328 e. The van der Waals surface area contributed by atoms with Crippen LogP contribution in [0.5, 0.6) is 0 Å². The molecular formula is C22H19ClN6O5. The maximum atomic E-state index is 13.3. The van der Waals surface area contributed by atoms with Gasteiger partial charge in [0.05, 0.1) is 29.3 Å². The van der Waals surface area contributed by atoms with Crippen LogP contribution in [-0.2, 0) is 20.7 Å². The van der Waals surface area contributed by atoms with Crippen LogP contribution >= 0.6 is 11.6 Å². The van der Waals surface area contributed by atoms with E-state index in [1.165, 1.54) is 0 Å². The van der Waals surface area contributed by atoms with Crippen molar-refractivity contribution in [2.45, 2.75) is 38.5 Å². The zero-order valence-corrected chi connectivity index (χ0v) is 18.9. The molecule has 0 bridgehead atoms. The molecule has 1 aromatic carbocycles. The largest absolute Gasteiger partial charge is 0.372 e. The number of ether oxygens (including phenoxy) is 1. The van der Waals surface area contributed by atoms with Gasteiger partial charge in [-0.15, -0.1) is 0 Å². The molecule has 34 heavy (non-hydrogen) atoms. The molecule has 174 valence electrons. The second-order valence-corrected chi connectivity index (χ2v) is 9.19. The van der Waals surface area contributed by atoms with Crippen molar-refractivity contribution in [2.24, 2.45) is 5.41 Å².